The number of amidine groups is 1. The molecule has 0 saturated heterocycles. The van der Waals surface area contributed by atoms with Gasteiger partial charge in [0.1, 0.15) is 22.8 Å². The lowest BCUT2D eigenvalue weighted by atomic mass is 10.1. The number of thioether (sulfide) groups is 1. The summed E-state index contributed by atoms with van der Waals surface area (Å²) in [7, 11) is 1.58. The molecule has 7 nitrogen and oxygen atoms in total. The Hall–Kier alpha value is -2.71. The van der Waals surface area contributed by atoms with Crippen LogP contribution in [-0.4, -0.2) is 36.9 Å². The molecule has 0 aromatic heterocycles. The minimum absolute atomic E-state index is 0.0736. The van der Waals surface area contributed by atoms with Crippen LogP contribution in [0.2, 0.25) is 5.02 Å². The molecule has 1 amide bonds. The number of benzene rings is 2. The zero-order valence-electron chi connectivity index (χ0n) is 18.4. The van der Waals surface area contributed by atoms with Crippen LogP contribution in [0.25, 0.3) is 0 Å². The second-order valence-corrected chi connectivity index (χ2v) is 8.82. The van der Waals surface area contributed by atoms with E-state index in [-0.39, 0.29) is 5.84 Å². The summed E-state index contributed by atoms with van der Waals surface area (Å²) in [4.78, 5) is 13.8. The van der Waals surface area contributed by atoms with Gasteiger partial charge in [-0.05, 0) is 64.3 Å². The Morgan fingerprint density at radius 1 is 1.19 bits per heavy atom. The summed E-state index contributed by atoms with van der Waals surface area (Å²) in [6.07, 6.45) is 2.91. The predicted molar refractivity (Wildman–Crippen MR) is 128 cm³/mol. The summed E-state index contributed by atoms with van der Waals surface area (Å²) >= 11 is 7.97. The second kappa shape index (κ2) is 10.5. The van der Waals surface area contributed by atoms with Gasteiger partial charge in [-0.15, -0.1) is 11.8 Å². The summed E-state index contributed by atoms with van der Waals surface area (Å²) in [6, 6.07) is 8.78. The SMILES string of the molecule is CN/N=C(\C=N)NC(=O)c1cc(Oc2ccc(SC)cc2Cl)c(C)c(OC(C)(C)C)c1. The van der Waals surface area contributed by atoms with Crippen LogP contribution >= 0.6 is 23.4 Å². The van der Waals surface area contributed by atoms with Crippen molar-refractivity contribution in [2.24, 2.45) is 5.10 Å². The Balaban J connectivity index is 2.50. The molecule has 31 heavy (non-hydrogen) atoms. The average molecular weight is 463 g/mol. The third-order valence-corrected chi connectivity index (χ3v) is 4.98. The highest BCUT2D eigenvalue weighted by Gasteiger charge is 2.20. The first kappa shape index (κ1) is 24.6. The summed E-state index contributed by atoms with van der Waals surface area (Å²) in [5.74, 6) is 1.04. The smallest absolute Gasteiger partial charge is 0.257 e. The lowest BCUT2D eigenvalue weighted by Gasteiger charge is -2.24. The maximum atomic E-state index is 12.8. The number of hydrogen-bond acceptors (Lipinski definition) is 7. The second-order valence-electron chi connectivity index (χ2n) is 7.53. The molecule has 9 heteroatoms. The molecule has 2 aromatic rings. The first-order chi connectivity index (χ1) is 14.6. The molecule has 2 aromatic carbocycles. The van der Waals surface area contributed by atoms with Crippen LogP contribution in [0, 0.1) is 12.3 Å². The van der Waals surface area contributed by atoms with Gasteiger partial charge in [-0.25, -0.2) is 0 Å². The highest BCUT2D eigenvalue weighted by molar-refractivity contribution is 7.98. The summed E-state index contributed by atoms with van der Waals surface area (Å²) in [5.41, 5.74) is 3.08. The van der Waals surface area contributed by atoms with Crippen LogP contribution < -0.4 is 20.2 Å². The Morgan fingerprint density at radius 2 is 1.87 bits per heavy atom. The van der Waals surface area contributed by atoms with E-state index in [1.807, 2.05) is 46.1 Å². The van der Waals surface area contributed by atoms with Gasteiger partial charge in [0.2, 0.25) is 0 Å². The van der Waals surface area contributed by atoms with E-state index in [1.54, 1.807) is 37.0 Å². The van der Waals surface area contributed by atoms with Gasteiger partial charge in [-0.2, -0.15) is 5.10 Å². The van der Waals surface area contributed by atoms with Crippen molar-refractivity contribution in [1.82, 2.24) is 10.7 Å². The maximum Gasteiger partial charge on any atom is 0.257 e. The molecule has 0 aliphatic heterocycles. The molecule has 0 unspecified atom stereocenters. The molecule has 0 saturated carbocycles. The molecular weight excluding hydrogens is 436 g/mol. The highest BCUT2D eigenvalue weighted by atomic mass is 35.5. The van der Waals surface area contributed by atoms with Crippen LogP contribution in [0.3, 0.4) is 0 Å². The minimum Gasteiger partial charge on any atom is -0.488 e. The van der Waals surface area contributed by atoms with E-state index in [9.17, 15) is 4.79 Å². The van der Waals surface area contributed by atoms with Gasteiger partial charge in [-0.1, -0.05) is 11.6 Å². The fraction of sp³-hybridized carbons (Fsp3) is 0.318. The van der Waals surface area contributed by atoms with Crippen LogP contribution in [0.1, 0.15) is 36.7 Å². The van der Waals surface area contributed by atoms with Gasteiger partial charge >= 0.3 is 0 Å². The monoisotopic (exact) mass is 462 g/mol. The molecule has 0 bridgehead atoms. The molecule has 166 valence electrons. The number of amides is 1. The van der Waals surface area contributed by atoms with Crippen molar-refractivity contribution in [3.63, 3.8) is 0 Å². The molecule has 0 radical (unpaired) electrons. The number of hydrazone groups is 1. The Morgan fingerprint density at radius 3 is 2.42 bits per heavy atom. The fourth-order valence-electron chi connectivity index (χ4n) is 2.55. The summed E-state index contributed by atoms with van der Waals surface area (Å²) in [5, 5.41) is 14.3. The van der Waals surface area contributed by atoms with Crippen molar-refractivity contribution in [3.05, 3.63) is 46.5 Å². The van der Waals surface area contributed by atoms with Crippen molar-refractivity contribution < 1.29 is 14.3 Å². The predicted octanol–water partition coefficient (Wildman–Crippen LogP) is 5.25. The van der Waals surface area contributed by atoms with E-state index in [0.29, 0.717) is 27.8 Å². The zero-order chi connectivity index (χ0) is 23.2. The molecule has 0 spiro atoms. The molecule has 0 atom stereocenters. The van der Waals surface area contributed by atoms with Crippen LogP contribution in [0.4, 0.5) is 0 Å². The van der Waals surface area contributed by atoms with Crippen molar-refractivity contribution in [2.45, 2.75) is 38.2 Å². The van der Waals surface area contributed by atoms with E-state index < -0.39 is 11.5 Å². The van der Waals surface area contributed by atoms with Crippen molar-refractivity contribution in [2.75, 3.05) is 13.3 Å². The normalized spacial score (nSPS) is 11.6. The van der Waals surface area contributed by atoms with Gasteiger partial charge in [0.15, 0.2) is 5.84 Å². The molecule has 0 heterocycles. The van der Waals surface area contributed by atoms with E-state index in [0.717, 1.165) is 16.7 Å². The number of carbonyl (C=O) groups is 1. The lowest BCUT2D eigenvalue weighted by Crippen LogP contribution is -2.32. The zero-order valence-corrected chi connectivity index (χ0v) is 20.0. The lowest BCUT2D eigenvalue weighted by molar-refractivity contribution is 0.0973. The molecule has 3 N–H and O–H groups in total. The standard InChI is InChI=1S/C22H27ClN4O3S/c1-13-18(29-17-8-7-15(31-6)11-16(17)23)9-14(10-19(13)30-22(2,3)4)21(28)26-20(12-24)27-25-5/h7-12,24-25H,1-6H3,(H,26,27,28). The third-order valence-electron chi connectivity index (χ3n) is 3.96. The van der Waals surface area contributed by atoms with Crippen molar-refractivity contribution >= 4 is 41.3 Å². The fourth-order valence-corrected chi connectivity index (χ4v) is 3.27. The number of carbonyl (C=O) groups excluding carboxylic acids is 1. The number of ether oxygens (including phenoxy) is 2. The topological polar surface area (TPSA) is 95.8 Å². The average Bonchev–Trinajstić information content (AvgIpc) is 2.70. The highest BCUT2D eigenvalue weighted by Crippen LogP contribution is 2.38. The first-order valence-electron chi connectivity index (χ1n) is 9.49. The van der Waals surface area contributed by atoms with Crippen molar-refractivity contribution in [1.29, 1.82) is 5.41 Å². The van der Waals surface area contributed by atoms with E-state index in [2.05, 4.69) is 15.8 Å². The van der Waals surface area contributed by atoms with Gasteiger partial charge in [0.05, 0.1) is 11.2 Å². The Bertz CT molecular complexity index is 1000. The Labute approximate surface area is 192 Å². The van der Waals surface area contributed by atoms with Crippen LogP contribution in [0.5, 0.6) is 17.2 Å². The van der Waals surface area contributed by atoms with E-state index in [4.69, 9.17) is 26.5 Å². The Kier molecular flexibility index (Phi) is 8.36. The minimum atomic E-state index is -0.484. The number of nitrogens with zero attached hydrogens (tertiary/aromatic N) is 1. The van der Waals surface area contributed by atoms with Crippen LogP contribution in [-0.2, 0) is 0 Å². The molecular formula is C22H27ClN4O3S. The molecule has 2 rings (SSSR count). The quantitative estimate of drug-likeness (QED) is 0.226. The third kappa shape index (κ3) is 6.90. The summed E-state index contributed by atoms with van der Waals surface area (Å²) in [6.45, 7) is 7.62. The number of halogens is 1. The van der Waals surface area contributed by atoms with Crippen molar-refractivity contribution in [3.8, 4) is 17.2 Å². The summed E-state index contributed by atoms with van der Waals surface area (Å²) < 4.78 is 12.1. The first-order valence-corrected chi connectivity index (χ1v) is 11.1. The van der Waals surface area contributed by atoms with Gasteiger partial charge < -0.3 is 25.6 Å². The number of hydrogen-bond donors (Lipinski definition) is 3. The molecule has 0 fully saturated rings. The molecule has 0 aliphatic carbocycles. The maximum absolute atomic E-state index is 12.8. The van der Waals surface area contributed by atoms with Gasteiger partial charge in [-0.3, -0.25) is 4.79 Å². The molecule has 0 aliphatic rings. The van der Waals surface area contributed by atoms with Gasteiger partial charge in [0.25, 0.3) is 5.91 Å². The number of rotatable bonds is 7. The van der Waals surface area contributed by atoms with Gasteiger partial charge in [0, 0.05) is 23.1 Å². The number of nitrogens with one attached hydrogen (secondary N) is 3. The van der Waals surface area contributed by atoms with Crippen LogP contribution in [0.15, 0.2) is 40.3 Å². The van der Waals surface area contributed by atoms with E-state index in [1.165, 1.54) is 0 Å². The largest absolute Gasteiger partial charge is 0.488 e. The van der Waals surface area contributed by atoms with E-state index >= 15 is 0 Å².